The van der Waals surface area contributed by atoms with Crippen LogP contribution < -0.4 is 4.74 Å². The van der Waals surface area contributed by atoms with E-state index in [1.807, 2.05) is 26.0 Å². The smallest absolute Gasteiger partial charge is 0.323 e. The van der Waals surface area contributed by atoms with Crippen molar-refractivity contribution in [1.29, 1.82) is 0 Å². The zero-order valence-electron chi connectivity index (χ0n) is 12.2. The SMILES string of the molecule is CC(C)CN(CC(=O)O)C(=O)CCOc1ccc(Br)cc1. The van der Waals surface area contributed by atoms with Gasteiger partial charge in [0.2, 0.25) is 5.91 Å². The predicted molar refractivity (Wildman–Crippen MR) is 83.3 cm³/mol. The summed E-state index contributed by atoms with van der Waals surface area (Å²) in [7, 11) is 0. The zero-order valence-corrected chi connectivity index (χ0v) is 13.8. The quantitative estimate of drug-likeness (QED) is 0.776. The number of ether oxygens (including phenoxy) is 1. The molecule has 0 saturated heterocycles. The lowest BCUT2D eigenvalue weighted by atomic mass is 10.2. The minimum Gasteiger partial charge on any atom is -0.493 e. The van der Waals surface area contributed by atoms with Gasteiger partial charge in [-0.2, -0.15) is 0 Å². The van der Waals surface area contributed by atoms with Gasteiger partial charge in [0.25, 0.3) is 0 Å². The first-order valence-corrected chi connectivity index (χ1v) is 7.55. The number of benzene rings is 1. The number of hydrogen-bond acceptors (Lipinski definition) is 3. The average molecular weight is 358 g/mol. The number of carbonyl (C=O) groups is 2. The van der Waals surface area contributed by atoms with Gasteiger partial charge in [0, 0.05) is 11.0 Å². The molecule has 1 aromatic carbocycles. The van der Waals surface area contributed by atoms with E-state index in [0.29, 0.717) is 12.3 Å². The lowest BCUT2D eigenvalue weighted by molar-refractivity contribution is -0.145. The molecule has 6 heteroatoms. The number of aliphatic carboxylic acids is 1. The molecular weight excluding hydrogens is 338 g/mol. The summed E-state index contributed by atoms with van der Waals surface area (Å²) < 4.78 is 6.43. The van der Waals surface area contributed by atoms with E-state index in [0.717, 1.165) is 4.47 Å². The fraction of sp³-hybridized carbons (Fsp3) is 0.467. The second-order valence-electron chi connectivity index (χ2n) is 5.11. The van der Waals surface area contributed by atoms with Crippen LogP contribution in [0.15, 0.2) is 28.7 Å². The fourth-order valence-corrected chi connectivity index (χ4v) is 2.07. The maximum atomic E-state index is 12.0. The third-order valence-corrected chi connectivity index (χ3v) is 3.19. The van der Waals surface area contributed by atoms with Crippen LogP contribution in [0.25, 0.3) is 0 Å². The van der Waals surface area contributed by atoms with Gasteiger partial charge >= 0.3 is 5.97 Å². The lowest BCUT2D eigenvalue weighted by Gasteiger charge is -2.22. The molecule has 0 radical (unpaired) electrons. The minimum atomic E-state index is -1.00. The normalized spacial score (nSPS) is 10.5. The van der Waals surface area contributed by atoms with Crippen molar-refractivity contribution in [3.05, 3.63) is 28.7 Å². The van der Waals surface area contributed by atoms with Crippen molar-refractivity contribution in [3.63, 3.8) is 0 Å². The largest absolute Gasteiger partial charge is 0.493 e. The Bertz CT molecular complexity index is 473. The van der Waals surface area contributed by atoms with Crippen molar-refractivity contribution in [2.75, 3.05) is 19.7 Å². The summed E-state index contributed by atoms with van der Waals surface area (Å²) in [5, 5.41) is 8.85. The Labute approximate surface area is 133 Å². The molecule has 0 aliphatic heterocycles. The Morgan fingerprint density at radius 1 is 1.29 bits per heavy atom. The molecule has 0 aliphatic carbocycles. The van der Waals surface area contributed by atoms with Gasteiger partial charge in [0.15, 0.2) is 0 Å². The second kappa shape index (κ2) is 8.67. The van der Waals surface area contributed by atoms with Crippen LogP contribution in [-0.2, 0) is 9.59 Å². The molecule has 0 aliphatic rings. The summed E-state index contributed by atoms with van der Waals surface area (Å²) in [5.41, 5.74) is 0. The molecule has 0 unspecified atom stereocenters. The molecule has 1 aromatic rings. The fourth-order valence-electron chi connectivity index (χ4n) is 1.80. The zero-order chi connectivity index (χ0) is 15.8. The molecule has 1 rings (SSSR count). The highest BCUT2D eigenvalue weighted by Crippen LogP contribution is 2.16. The molecule has 0 saturated carbocycles. The molecule has 0 bridgehead atoms. The van der Waals surface area contributed by atoms with Crippen LogP contribution in [0.4, 0.5) is 0 Å². The van der Waals surface area contributed by atoms with Crippen LogP contribution in [0.1, 0.15) is 20.3 Å². The Kier molecular flexibility index (Phi) is 7.22. The van der Waals surface area contributed by atoms with E-state index in [4.69, 9.17) is 9.84 Å². The third-order valence-electron chi connectivity index (χ3n) is 2.66. The second-order valence-corrected chi connectivity index (χ2v) is 6.03. The molecule has 1 amide bonds. The van der Waals surface area contributed by atoms with E-state index in [9.17, 15) is 9.59 Å². The van der Waals surface area contributed by atoms with E-state index in [1.165, 1.54) is 4.90 Å². The standard InChI is InChI=1S/C15H20BrNO4/c1-11(2)9-17(10-15(19)20)14(18)7-8-21-13-5-3-12(16)4-6-13/h3-6,11H,7-10H2,1-2H3,(H,19,20). The van der Waals surface area contributed by atoms with Crippen LogP contribution in [0.2, 0.25) is 0 Å². The molecule has 0 heterocycles. The number of carboxylic acids is 1. The monoisotopic (exact) mass is 357 g/mol. The highest BCUT2D eigenvalue weighted by molar-refractivity contribution is 9.10. The molecule has 1 N–H and O–H groups in total. The molecule has 0 aromatic heterocycles. The van der Waals surface area contributed by atoms with Crippen molar-refractivity contribution < 1.29 is 19.4 Å². The first-order chi connectivity index (χ1) is 9.88. The highest BCUT2D eigenvalue weighted by atomic mass is 79.9. The number of carboxylic acid groups (broad SMARTS) is 1. The van der Waals surface area contributed by atoms with E-state index >= 15 is 0 Å². The Balaban J connectivity index is 2.45. The molecule has 0 spiro atoms. The molecular formula is C15H20BrNO4. The average Bonchev–Trinajstić information content (AvgIpc) is 2.39. The van der Waals surface area contributed by atoms with E-state index in [-0.39, 0.29) is 31.4 Å². The van der Waals surface area contributed by atoms with E-state index in [1.54, 1.807) is 12.1 Å². The maximum Gasteiger partial charge on any atom is 0.323 e. The summed E-state index contributed by atoms with van der Waals surface area (Å²) >= 11 is 3.33. The molecule has 0 fully saturated rings. The first-order valence-electron chi connectivity index (χ1n) is 6.76. The minimum absolute atomic E-state index is 0.163. The number of amides is 1. The van der Waals surface area contributed by atoms with Gasteiger partial charge < -0.3 is 14.7 Å². The topological polar surface area (TPSA) is 66.8 Å². The lowest BCUT2D eigenvalue weighted by Crippen LogP contribution is -2.38. The number of rotatable bonds is 8. The summed E-state index contributed by atoms with van der Waals surface area (Å²) in [5.74, 6) is -0.304. The van der Waals surface area contributed by atoms with Gasteiger partial charge in [-0.1, -0.05) is 29.8 Å². The third kappa shape index (κ3) is 7.13. The summed E-state index contributed by atoms with van der Waals surface area (Å²) in [6.07, 6.45) is 0.163. The predicted octanol–water partition coefficient (Wildman–Crippen LogP) is 2.79. The van der Waals surface area contributed by atoms with Crippen LogP contribution in [-0.4, -0.2) is 41.6 Å². The molecule has 0 atom stereocenters. The van der Waals surface area contributed by atoms with Crippen molar-refractivity contribution >= 4 is 27.8 Å². The Hall–Kier alpha value is -1.56. The van der Waals surface area contributed by atoms with Gasteiger partial charge in [-0.3, -0.25) is 9.59 Å². The molecule has 5 nitrogen and oxygen atoms in total. The van der Waals surface area contributed by atoms with Gasteiger partial charge in [0.1, 0.15) is 12.3 Å². The summed E-state index contributed by atoms with van der Waals surface area (Å²) in [4.78, 5) is 24.2. The highest BCUT2D eigenvalue weighted by Gasteiger charge is 2.17. The molecule has 21 heavy (non-hydrogen) atoms. The van der Waals surface area contributed by atoms with Crippen LogP contribution >= 0.6 is 15.9 Å². The number of halogens is 1. The summed E-state index contributed by atoms with van der Waals surface area (Å²) in [6.45, 7) is 4.29. The van der Waals surface area contributed by atoms with Gasteiger partial charge in [-0.05, 0) is 30.2 Å². The number of nitrogens with zero attached hydrogens (tertiary/aromatic N) is 1. The van der Waals surface area contributed by atoms with Crippen molar-refractivity contribution in [3.8, 4) is 5.75 Å². The van der Waals surface area contributed by atoms with Gasteiger partial charge in [-0.25, -0.2) is 0 Å². The van der Waals surface area contributed by atoms with Crippen LogP contribution in [0.3, 0.4) is 0 Å². The van der Waals surface area contributed by atoms with E-state index < -0.39 is 5.97 Å². The van der Waals surface area contributed by atoms with Gasteiger partial charge in [-0.15, -0.1) is 0 Å². The van der Waals surface area contributed by atoms with Crippen molar-refractivity contribution in [1.82, 2.24) is 4.90 Å². The van der Waals surface area contributed by atoms with Gasteiger partial charge in [0.05, 0.1) is 13.0 Å². The molecule has 116 valence electrons. The van der Waals surface area contributed by atoms with Crippen molar-refractivity contribution in [2.45, 2.75) is 20.3 Å². The summed E-state index contributed by atoms with van der Waals surface area (Å²) in [6, 6.07) is 7.31. The Morgan fingerprint density at radius 2 is 1.90 bits per heavy atom. The number of hydrogen-bond donors (Lipinski definition) is 1. The van der Waals surface area contributed by atoms with Crippen LogP contribution in [0, 0.1) is 5.92 Å². The van der Waals surface area contributed by atoms with Crippen molar-refractivity contribution in [2.24, 2.45) is 5.92 Å². The Morgan fingerprint density at radius 3 is 2.43 bits per heavy atom. The van der Waals surface area contributed by atoms with E-state index in [2.05, 4.69) is 15.9 Å². The number of carbonyl (C=O) groups excluding carboxylic acids is 1. The van der Waals surface area contributed by atoms with Crippen LogP contribution in [0.5, 0.6) is 5.75 Å². The first kappa shape index (κ1) is 17.5. The maximum absolute atomic E-state index is 12.0.